The number of hydrogen-bond donors (Lipinski definition) is 1. The van der Waals surface area contributed by atoms with Crippen LogP contribution >= 0.6 is 27.7 Å². The number of carbonyl (C=O) groups is 1. The molecule has 1 heterocycles. The Labute approximate surface area is 160 Å². The summed E-state index contributed by atoms with van der Waals surface area (Å²) in [5.74, 6) is -0.0945. The number of carbonyl (C=O) groups excluding carboxylic acids is 1. The lowest BCUT2D eigenvalue weighted by Crippen LogP contribution is -2.37. The normalized spacial score (nSPS) is 17.1. The highest BCUT2D eigenvalue weighted by Crippen LogP contribution is 2.39. The van der Waals surface area contributed by atoms with Crippen LogP contribution in [-0.2, 0) is 14.8 Å². The molecule has 3 rings (SSSR count). The van der Waals surface area contributed by atoms with Crippen molar-refractivity contribution in [2.24, 2.45) is 0 Å². The van der Waals surface area contributed by atoms with Gasteiger partial charge in [0.15, 0.2) is 0 Å². The number of fused-ring (bicyclic) bond motifs is 1. The molecular weight excluding hydrogens is 424 g/mol. The second-order valence-electron chi connectivity index (χ2n) is 5.80. The Bertz CT molecular complexity index is 931. The van der Waals surface area contributed by atoms with Crippen LogP contribution in [0.5, 0.6) is 0 Å². The largest absolute Gasteiger partial charge is 0.310 e. The van der Waals surface area contributed by atoms with E-state index in [-0.39, 0.29) is 16.1 Å². The van der Waals surface area contributed by atoms with E-state index in [1.165, 1.54) is 6.92 Å². The molecular formula is C17H17BrN2O3S2. The predicted octanol–water partition coefficient (Wildman–Crippen LogP) is 4.10. The average Bonchev–Trinajstić information content (AvgIpc) is 2.53. The van der Waals surface area contributed by atoms with Crippen LogP contribution in [0.15, 0.2) is 56.7 Å². The van der Waals surface area contributed by atoms with Gasteiger partial charge in [0.1, 0.15) is 0 Å². The summed E-state index contributed by atoms with van der Waals surface area (Å²) in [4.78, 5) is 14.6. The van der Waals surface area contributed by atoms with Gasteiger partial charge in [0.05, 0.1) is 10.6 Å². The number of halogens is 1. The van der Waals surface area contributed by atoms with E-state index in [1.807, 2.05) is 13.0 Å². The van der Waals surface area contributed by atoms with Gasteiger partial charge >= 0.3 is 0 Å². The number of hydrogen-bond acceptors (Lipinski definition) is 4. The minimum Gasteiger partial charge on any atom is -0.310 e. The zero-order valence-electron chi connectivity index (χ0n) is 13.7. The van der Waals surface area contributed by atoms with Gasteiger partial charge in [0.25, 0.3) is 10.0 Å². The van der Waals surface area contributed by atoms with Crippen molar-refractivity contribution in [3.8, 4) is 0 Å². The third kappa shape index (κ3) is 4.02. The first kappa shape index (κ1) is 18.3. The summed E-state index contributed by atoms with van der Waals surface area (Å²) in [5, 5.41) is 0.263. The third-order valence-corrected chi connectivity index (χ3v) is 6.78. The van der Waals surface area contributed by atoms with Crippen molar-refractivity contribution < 1.29 is 13.2 Å². The maximum absolute atomic E-state index is 12.7. The second-order valence-corrected chi connectivity index (χ2v) is 9.88. The summed E-state index contributed by atoms with van der Waals surface area (Å²) in [7, 11) is -3.74. The minimum atomic E-state index is -3.74. The predicted molar refractivity (Wildman–Crippen MR) is 105 cm³/mol. The van der Waals surface area contributed by atoms with Crippen LogP contribution in [0.2, 0.25) is 0 Å². The fourth-order valence-electron chi connectivity index (χ4n) is 2.65. The Morgan fingerprint density at radius 1 is 1.28 bits per heavy atom. The molecule has 2 aromatic carbocycles. The minimum absolute atomic E-state index is 0.0945. The lowest BCUT2D eigenvalue weighted by molar-refractivity contribution is -0.116. The van der Waals surface area contributed by atoms with E-state index in [0.29, 0.717) is 17.9 Å². The molecule has 0 unspecified atom stereocenters. The highest BCUT2D eigenvalue weighted by atomic mass is 79.9. The van der Waals surface area contributed by atoms with Crippen molar-refractivity contribution in [3.63, 3.8) is 0 Å². The van der Waals surface area contributed by atoms with Gasteiger partial charge in [-0.3, -0.25) is 9.52 Å². The SMILES string of the molecule is CC(=O)N1C[C@H](C)Sc2ccc(S(=O)(=O)Nc3cccc(Br)c3)cc21. The number of rotatable bonds is 3. The van der Waals surface area contributed by atoms with Gasteiger partial charge in [-0.2, -0.15) is 0 Å². The molecule has 0 saturated heterocycles. The zero-order chi connectivity index (χ0) is 18.2. The molecule has 1 atom stereocenters. The van der Waals surface area contributed by atoms with Crippen LogP contribution in [0.25, 0.3) is 0 Å². The maximum atomic E-state index is 12.7. The third-order valence-electron chi connectivity index (χ3n) is 3.76. The highest BCUT2D eigenvalue weighted by molar-refractivity contribution is 9.10. The van der Waals surface area contributed by atoms with E-state index in [0.717, 1.165) is 9.37 Å². The monoisotopic (exact) mass is 440 g/mol. The van der Waals surface area contributed by atoms with Gasteiger partial charge in [-0.25, -0.2) is 8.42 Å². The van der Waals surface area contributed by atoms with E-state index >= 15 is 0 Å². The van der Waals surface area contributed by atoms with E-state index in [2.05, 4.69) is 20.7 Å². The van der Waals surface area contributed by atoms with E-state index in [1.54, 1.807) is 53.1 Å². The van der Waals surface area contributed by atoms with Gasteiger partial charge in [-0.05, 0) is 36.4 Å². The topological polar surface area (TPSA) is 66.5 Å². The van der Waals surface area contributed by atoms with Crippen LogP contribution in [0.1, 0.15) is 13.8 Å². The molecule has 132 valence electrons. The first-order chi connectivity index (χ1) is 11.8. The molecule has 8 heteroatoms. The molecule has 0 bridgehead atoms. The maximum Gasteiger partial charge on any atom is 0.261 e. The average molecular weight is 441 g/mol. The van der Waals surface area contributed by atoms with E-state index in [9.17, 15) is 13.2 Å². The molecule has 0 aromatic heterocycles. The number of nitrogens with one attached hydrogen (secondary N) is 1. The summed E-state index contributed by atoms with van der Waals surface area (Å²) in [5.41, 5.74) is 1.12. The molecule has 2 aromatic rings. The molecule has 0 radical (unpaired) electrons. The summed E-state index contributed by atoms with van der Waals surface area (Å²) in [6.45, 7) is 4.10. The van der Waals surface area contributed by atoms with Crippen molar-refractivity contribution in [1.82, 2.24) is 0 Å². The van der Waals surface area contributed by atoms with Crippen molar-refractivity contribution in [2.45, 2.75) is 28.9 Å². The fraction of sp³-hybridized carbons (Fsp3) is 0.235. The first-order valence-corrected chi connectivity index (χ1v) is 10.8. The van der Waals surface area contributed by atoms with Gasteiger partial charge in [0, 0.05) is 33.8 Å². The Morgan fingerprint density at radius 2 is 2.04 bits per heavy atom. The molecule has 1 amide bonds. The smallest absolute Gasteiger partial charge is 0.261 e. The van der Waals surface area contributed by atoms with Crippen LogP contribution in [0.4, 0.5) is 11.4 Å². The number of anilines is 2. The molecule has 0 saturated carbocycles. The van der Waals surface area contributed by atoms with Crippen molar-refractivity contribution in [1.29, 1.82) is 0 Å². The van der Waals surface area contributed by atoms with Gasteiger partial charge in [-0.1, -0.05) is 28.9 Å². The second kappa shape index (κ2) is 7.01. The molecule has 0 fully saturated rings. The van der Waals surface area contributed by atoms with Crippen molar-refractivity contribution in [3.05, 3.63) is 46.9 Å². The fourth-order valence-corrected chi connectivity index (χ4v) is 5.21. The summed E-state index contributed by atoms with van der Waals surface area (Å²) >= 11 is 4.97. The van der Waals surface area contributed by atoms with Crippen molar-refractivity contribution >= 4 is 55.0 Å². The molecule has 1 aliphatic heterocycles. The molecule has 1 N–H and O–H groups in total. The summed E-state index contributed by atoms with van der Waals surface area (Å²) in [6, 6.07) is 11.8. The number of sulfonamides is 1. The standard InChI is InChI=1S/C17H17BrN2O3S2/c1-11-10-20(12(2)21)16-9-15(6-7-17(16)24-11)25(22,23)19-14-5-3-4-13(18)8-14/h3-9,11,19H,10H2,1-2H3/t11-/m0/s1. The van der Waals surface area contributed by atoms with Gasteiger partial charge in [0.2, 0.25) is 5.91 Å². The Morgan fingerprint density at radius 3 is 2.72 bits per heavy atom. The zero-order valence-corrected chi connectivity index (χ0v) is 16.9. The molecule has 0 aliphatic carbocycles. The lowest BCUT2D eigenvalue weighted by Gasteiger charge is -2.32. The number of amides is 1. The number of benzene rings is 2. The molecule has 1 aliphatic rings. The van der Waals surface area contributed by atoms with Gasteiger partial charge in [-0.15, -0.1) is 11.8 Å². The molecule has 5 nitrogen and oxygen atoms in total. The van der Waals surface area contributed by atoms with Gasteiger partial charge < -0.3 is 4.90 Å². The number of nitrogens with zero attached hydrogens (tertiary/aromatic N) is 1. The number of thioether (sulfide) groups is 1. The molecule has 25 heavy (non-hydrogen) atoms. The van der Waals surface area contributed by atoms with Crippen LogP contribution < -0.4 is 9.62 Å². The van der Waals surface area contributed by atoms with Crippen molar-refractivity contribution in [2.75, 3.05) is 16.2 Å². The summed E-state index contributed by atoms with van der Waals surface area (Å²) in [6.07, 6.45) is 0. The van der Waals surface area contributed by atoms with Crippen LogP contribution in [-0.4, -0.2) is 26.1 Å². The summed E-state index contributed by atoms with van der Waals surface area (Å²) < 4.78 is 28.8. The Kier molecular flexibility index (Phi) is 5.13. The first-order valence-electron chi connectivity index (χ1n) is 7.63. The Balaban J connectivity index is 1.98. The van der Waals surface area contributed by atoms with E-state index in [4.69, 9.17) is 0 Å². The lowest BCUT2D eigenvalue weighted by atomic mass is 10.2. The highest BCUT2D eigenvalue weighted by Gasteiger charge is 2.27. The molecule has 0 spiro atoms. The quantitative estimate of drug-likeness (QED) is 0.779. The van der Waals surface area contributed by atoms with E-state index < -0.39 is 10.0 Å². The Hall–Kier alpha value is -1.51. The van der Waals surface area contributed by atoms with Crippen LogP contribution in [0, 0.1) is 0 Å². The van der Waals surface area contributed by atoms with Crippen LogP contribution in [0.3, 0.4) is 0 Å².